The van der Waals surface area contributed by atoms with Crippen molar-refractivity contribution < 1.29 is 21.9 Å². The first-order chi connectivity index (χ1) is 20.1. The first kappa shape index (κ1) is 28.3. The van der Waals surface area contributed by atoms with Crippen LogP contribution in [0.5, 0.6) is 0 Å². The third-order valence-electron chi connectivity index (χ3n) is 7.89. The first-order valence-corrected chi connectivity index (χ1v) is 15.4. The largest absolute Gasteiger partial charge is 0.383 e. The lowest BCUT2D eigenvalue weighted by molar-refractivity contribution is -0.0103. The Kier molecular flexibility index (Phi) is 7.46. The number of nitrogens with one attached hydrogen (secondary N) is 2. The zero-order valence-electron chi connectivity index (χ0n) is 23.3. The molecule has 0 spiro atoms. The van der Waals surface area contributed by atoms with E-state index in [9.17, 15) is 12.8 Å². The lowest BCUT2D eigenvalue weighted by Crippen LogP contribution is -2.50. The highest BCUT2D eigenvalue weighted by Crippen LogP contribution is 2.39. The number of halogens is 2. The number of ether oxygens (including phenoxy) is 1. The van der Waals surface area contributed by atoms with Crippen molar-refractivity contribution in [3.8, 4) is 11.3 Å². The molecule has 3 heterocycles. The van der Waals surface area contributed by atoms with Crippen molar-refractivity contribution in [1.82, 2.24) is 20.1 Å². The van der Waals surface area contributed by atoms with Gasteiger partial charge in [-0.1, -0.05) is 12.1 Å². The second-order valence-corrected chi connectivity index (χ2v) is 12.4. The summed E-state index contributed by atoms with van der Waals surface area (Å²) in [5.41, 5.74) is 10.2. The van der Waals surface area contributed by atoms with E-state index in [1.54, 1.807) is 12.3 Å². The van der Waals surface area contributed by atoms with E-state index in [1.807, 2.05) is 11.6 Å². The summed E-state index contributed by atoms with van der Waals surface area (Å²) in [7, 11) is -4.14. The predicted molar refractivity (Wildman–Crippen MR) is 158 cm³/mol. The molecule has 1 aliphatic carbocycles. The van der Waals surface area contributed by atoms with Gasteiger partial charge in [0.2, 0.25) is 0 Å². The molecular formula is C30H32F2N6O3S. The van der Waals surface area contributed by atoms with Crippen LogP contribution in [-0.4, -0.2) is 48.5 Å². The fraction of sp³-hybridized carbons (Fsp3) is 0.333. The Morgan fingerprint density at radius 3 is 2.57 bits per heavy atom. The second kappa shape index (κ2) is 11.1. The Bertz CT molecular complexity index is 1820. The summed E-state index contributed by atoms with van der Waals surface area (Å²) in [6.07, 6.45) is 6.77. The van der Waals surface area contributed by atoms with Crippen LogP contribution in [0.25, 0.3) is 27.7 Å². The number of aromatic nitrogens is 3. The fourth-order valence-electron chi connectivity index (χ4n) is 5.53. The molecule has 4 aromatic rings. The van der Waals surface area contributed by atoms with Crippen LogP contribution >= 0.6 is 0 Å². The van der Waals surface area contributed by atoms with Crippen molar-refractivity contribution in [2.75, 3.05) is 23.7 Å². The van der Waals surface area contributed by atoms with Crippen molar-refractivity contribution in [3.63, 3.8) is 0 Å². The molecule has 1 atom stereocenters. The maximum Gasteiger partial charge on any atom is 0.261 e. The van der Waals surface area contributed by atoms with E-state index < -0.39 is 21.7 Å². The summed E-state index contributed by atoms with van der Waals surface area (Å²) in [5.74, 6) is -1.04. The van der Waals surface area contributed by atoms with E-state index in [2.05, 4.69) is 21.1 Å². The molecule has 4 N–H and O–H groups in total. The molecule has 6 rings (SSSR count). The zero-order chi connectivity index (χ0) is 29.6. The SMILES string of the molecule is CCn1nc(-c2ccc(NS(=O)(=O)c3ccc(F)c(C)c3)c(F)c2)c2c(N)ncc(C3=CC[C@H](NC4COC4)CC3)c21. The Hall–Kier alpha value is -3.87. The molecule has 0 saturated carbocycles. The average Bonchev–Trinajstić information content (AvgIpc) is 3.34. The quantitative estimate of drug-likeness (QED) is 0.262. The van der Waals surface area contributed by atoms with Crippen molar-refractivity contribution in [2.45, 2.75) is 56.6 Å². The number of pyridine rings is 1. The first-order valence-electron chi connectivity index (χ1n) is 13.9. The lowest BCUT2D eigenvalue weighted by Gasteiger charge is -2.33. The Labute approximate surface area is 242 Å². The number of nitrogen functional groups attached to an aromatic ring is 1. The van der Waals surface area contributed by atoms with Crippen LogP contribution in [0.1, 0.15) is 37.3 Å². The van der Waals surface area contributed by atoms with Crippen LogP contribution in [0.15, 0.2) is 53.6 Å². The number of sulfonamides is 1. The van der Waals surface area contributed by atoms with E-state index in [4.69, 9.17) is 15.6 Å². The van der Waals surface area contributed by atoms with E-state index in [0.717, 1.165) is 55.7 Å². The maximum absolute atomic E-state index is 15.4. The minimum Gasteiger partial charge on any atom is -0.383 e. The zero-order valence-corrected chi connectivity index (χ0v) is 24.1. The molecule has 0 unspecified atom stereocenters. The Morgan fingerprint density at radius 2 is 1.93 bits per heavy atom. The number of fused-ring (bicyclic) bond motifs is 1. The topological polar surface area (TPSA) is 124 Å². The highest BCUT2D eigenvalue weighted by molar-refractivity contribution is 7.92. The van der Waals surface area contributed by atoms with Crippen molar-refractivity contribution in [2.24, 2.45) is 0 Å². The fourth-order valence-corrected chi connectivity index (χ4v) is 6.68. The van der Waals surface area contributed by atoms with Gasteiger partial charge in [0.05, 0.1) is 40.7 Å². The number of hydrogen-bond donors (Lipinski definition) is 3. The lowest BCUT2D eigenvalue weighted by atomic mass is 9.89. The number of anilines is 2. The molecule has 0 radical (unpaired) electrons. The Balaban J connectivity index is 1.32. The third-order valence-corrected chi connectivity index (χ3v) is 9.25. The normalized spacial score (nSPS) is 17.7. The molecule has 42 heavy (non-hydrogen) atoms. The molecule has 1 aliphatic heterocycles. The van der Waals surface area contributed by atoms with Gasteiger partial charge in [0.25, 0.3) is 10.0 Å². The van der Waals surface area contributed by atoms with Crippen LogP contribution in [-0.2, 0) is 21.3 Å². The number of benzene rings is 2. The van der Waals surface area contributed by atoms with E-state index >= 15 is 4.39 Å². The standard InChI is InChI=1S/C30H32F2N6O3S/c1-3-38-29-23(18-4-7-20(8-5-18)35-21-15-41-16-21)14-34-30(33)27(29)28(36-38)19-6-11-26(25(32)13-19)37-42(39,40)22-9-10-24(31)17(2)12-22/h4,6,9-14,20-21,35,37H,3,5,7-8,15-16H2,1-2H3,(H2,33,34)/t20-/m0/s1. The highest BCUT2D eigenvalue weighted by Gasteiger charge is 2.26. The van der Waals surface area contributed by atoms with E-state index in [-0.39, 0.29) is 22.0 Å². The van der Waals surface area contributed by atoms with Gasteiger partial charge in [-0.05, 0) is 74.6 Å². The summed E-state index contributed by atoms with van der Waals surface area (Å²) in [6.45, 7) is 5.51. The predicted octanol–water partition coefficient (Wildman–Crippen LogP) is 5.01. The molecule has 0 bridgehead atoms. The number of nitrogens with zero attached hydrogens (tertiary/aromatic N) is 3. The number of nitrogens with two attached hydrogens (primary N) is 1. The maximum atomic E-state index is 15.4. The molecule has 2 aliphatic rings. The molecule has 2 aromatic carbocycles. The van der Waals surface area contributed by atoms with Gasteiger partial charge >= 0.3 is 0 Å². The summed E-state index contributed by atoms with van der Waals surface area (Å²) in [6, 6.07) is 8.37. The van der Waals surface area contributed by atoms with Crippen LogP contribution in [0, 0.1) is 18.6 Å². The van der Waals surface area contributed by atoms with Gasteiger partial charge in [-0.3, -0.25) is 9.40 Å². The summed E-state index contributed by atoms with van der Waals surface area (Å²) < 4.78 is 64.1. The van der Waals surface area contributed by atoms with Crippen LogP contribution in [0.4, 0.5) is 20.3 Å². The van der Waals surface area contributed by atoms with Crippen LogP contribution in [0.3, 0.4) is 0 Å². The van der Waals surface area contributed by atoms with Gasteiger partial charge in [-0.25, -0.2) is 22.2 Å². The number of hydrogen-bond acceptors (Lipinski definition) is 7. The molecule has 0 amide bonds. The molecule has 9 nitrogen and oxygen atoms in total. The molecule has 2 aromatic heterocycles. The highest BCUT2D eigenvalue weighted by atomic mass is 32.2. The second-order valence-electron chi connectivity index (χ2n) is 10.8. The average molecular weight is 595 g/mol. The summed E-state index contributed by atoms with van der Waals surface area (Å²) in [4.78, 5) is 4.31. The van der Waals surface area contributed by atoms with Gasteiger partial charge in [0.15, 0.2) is 0 Å². The van der Waals surface area contributed by atoms with Crippen molar-refractivity contribution in [1.29, 1.82) is 0 Å². The van der Waals surface area contributed by atoms with Gasteiger partial charge in [-0.2, -0.15) is 5.10 Å². The van der Waals surface area contributed by atoms with E-state index in [1.165, 1.54) is 30.7 Å². The molecule has 1 fully saturated rings. The van der Waals surface area contributed by atoms with Gasteiger partial charge in [0.1, 0.15) is 23.1 Å². The minimum atomic E-state index is -4.14. The summed E-state index contributed by atoms with van der Waals surface area (Å²) >= 11 is 0. The van der Waals surface area contributed by atoms with Crippen LogP contribution in [0.2, 0.25) is 0 Å². The molecular weight excluding hydrogens is 562 g/mol. The molecule has 220 valence electrons. The number of allylic oxidation sites excluding steroid dienone is 1. The van der Waals surface area contributed by atoms with Gasteiger partial charge in [0, 0.05) is 29.9 Å². The van der Waals surface area contributed by atoms with Gasteiger partial charge < -0.3 is 15.8 Å². The Morgan fingerprint density at radius 1 is 1.12 bits per heavy atom. The van der Waals surface area contributed by atoms with E-state index in [0.29, 0.717) is 35.3 Å². The number of rotatable bonds is 8. The monoisotopic (exact) mass is 594 g/mol. The third kappa shape index (κ3) is 5.25. The minimum absolute atomic E-state index is 0.167. The summed E-state index contributed by atoms with van der Waals surface area (Å²) in [5, 5.41) is 9.05. The van der Waals surface area contributed by atoms with Gasteiger partial charge in [-0.15, -0.1) is 0 Å². The molecule has 12 heteroatoms. The van der Waals surface area contributed by atoms with Crippen LogP contribution < -0.4 is 15.8 Å². The number of aryl methyl sites for hydroxylation is 2. The van der Waals surface area contributed by atoms with Crippen molar-refractivity contribution >= 4 is 38.0 Å². The van der Waals surface area contributed by atoms with Crippen molar-refractivity contribution in [3.05, 3.63) is 71.4 Å². The smallest absolute Gasteiger partial charge is 0.261 e. The molecule has 1 saturated heterocycles.